The number of nitrogens with one attached hydrogen (secondary N) is 1. The number of carbonyl (C=O) groups excluding carboxylic acids is 3. The molecule has 2 aromatic rings. The van der Waals surface area contributed by atoms with Gasteiger partial charge in [0.05, 0.1) is 5.56 Å². The predicted octanol–water partition coefficient (Wildman–Crippen LogP) is 2.77. The molecule has 0 aliphatic rings. The Labute approximate surface area is 154 Å². The van der Waals surface area contributed by atoms with Gasteiger partial charge < -0.3 is 14.8 Å². The van der Waals surface area contributed by atoms with Crippen LogP contribution in [0.25, 0.3) is 0 Å². The minimum absolute atomic E-state index is 0.0684. The number of anilines is 1. The third kappa shape index (κ3) is 5.16. The minimum Gasteiger partial charge on any atom is -0.482 e. The normalized spacial score (nSPS) is 11.1. The number of hydrogen-bond acceptors (Lipinski definition) is 7. The second-order valence-electron chi connectivity index (χ2n) is 5.27. The van der Waals surface area contributed by atoms with Crippen LogP contribution in [0.1, 0.15) is 29.8 Å². The van der Waals surface area contributed by atoms with Crippen LogP contribution in [-0.2, 0) is 14.3 Å². The molecule has 0 bridgehead atoms. The van der Waals surface area contributed by atoms with Crippen molar-refractivity contribution in [1.29, 1.82) is 5.26 Å². The molecule has 8 heteroatoms. The Morgan fingerprint density at radius 3 is 2.54 bits per heavy atom. The fourth-order valence-electron chi connectivity index (χ4n) is 1.92. The molecule has 2 rings (SSSR count). The maximum Gasteiger partial charge on any atom is 0.344 e. The number of nitrogens with zero attached hydrogens (tertiary/aromatic N) is 1. The van der Waals surface area contributed by atoms with Crippen molar-refractivity contribution in [2.45, 2.75) is 20.0 Å². The molecule has 1 amide bonds. The van der Waals surface area contributed by atoms with E-state index in [2.05, 4.69) is 5.32 Å². The topological polar surface area (TPSA) is 105 Å². The molecule has 0 saturated carbocycles. The molecule has 7 nitrogen and oxygen atoms in total. The maximum absolute atomic E-state index is 12.0. The van der Waals surface area contributed by atoms with Crippen LogP contribution in [0.3, 0.4) is 0 Å². The van der Waals surface area contributed by atoms with Crippen LogP contribution in [0.2, 0.25) is 0 Å². The number of ether oxygens (including phenoxy) is 2. The Hall–Kier alpha value is -3.18. The quantitative estimate of drug-likeness (QED) is 0.592. The van der Waals surface area contributed by atoms with E-state index in [1.54, 1.807) is 35.7 Å². The minimum atomic E-state index is -1.04. The maximum atomic E-state index is 12.0. The summed E-state index contributed by atoms with van der Waals surface area (Å²) in [5, 5.41) is 13.5. The van der Waals surface area contributed by atoms with Crippen molar-refractivity contribution in [3.63, 3.8) is 0 Å². The van der Waals surface area contributed by atoms with E-state index in [1.165, 1.54) is 25.2 Å². The molecule has 0 unspecified atom stereocenters. The molecule has 26 heavy (non-hydrogen) atoms. The molecule has 0 saturated heterocycles. The van der Waals surface area contributed by atoms with Crippen molar-refractivity contribution in [3.8, 4) is 11.8 Å². The Balaban J connectivity index is 1.82. The summed E-state index contributed by atoms with van der Waals surface area (Å²) < 4.78 is 10.3. The molecule has 0 aliphatic carbocycles. The number of benzene rings is 1. The van der Waals surface area contributed by atoms with E-state index in [0.29, 0.717) is 21.9 Å². The smallest absolute Gasteiger partial charge is 0.344 e. The molecule has 1 aromatic heterocycles. The molecular formula is C18H16N2O5S. The number of Topliss-reactive ketones (excluding diaryl/α,β-unsaturated/α-hetero) is 1. The Kier molecular flexibility index (Phi) is 6.47. The van der Waals surface area contributed by atoms with Gasteiger partial charge in [-0.3, -0.25) is 9.59 Å². The highest BCUT2D eigenvalue weighted by molar-refractivity contribution is 7.14. The second-order valence-corrected chi connectivity index (χ2v) is 6.18. The van der Waals surface area contributed by atoms with Gasteiger partial charge in [0.1, 0.15) is 16.8 Å². The SMILES string of the molecule is CC(=O)c1ccc(OCC(=O)O[C@H](C)C(=O)Nc2sccc2C#N)cc1. The number of ketones is 1. The number of esters is 1. The van der Waals surface area contributed by atoms with Crippen molar-refractivity contribution in [1.82, 2.24) is 0 Å². The monoisotopic (exact) mass is 372 g/mol. The molecule has 0 spiro atoms. The van der Waals surface area contributed by atoms with Crippen molar-refractivity contribution in [2.75, 3.05) is 11.9 Å². The van der Waals surface area contributed by atoms with Crippen molar-refractivity contribution >= 4 is 34.0 Å². The number of thiophene rings is 1. The molecule has 134 valence electrons. The highest BCUT2D eigenvalue weighted by atomic mass is 32.1. The zero-order chi connectivity index (χ0) is 19.1. The fraction of sp³-hybridized carbons (Fsp3) is 0.222. The molecule has 0 fully saturated rings. The van der Waals surface area contributed by atoms with Crippen LogP contribution in [-0.4, -0.2) is 30.4 Å². The standard InChI is InChI=1S/C18H16N2O5S/c1-11(21)13-3-5-15(6-4-13)24-10-16(22)25-12(2)17(23)20-18-14(9-19)7-8-26-18/h3-8,12H,10H2,1-2H3,(H,20,23)/t12-/m1/s1. The van der Waals surface area contributed by atoms with Gasteiger partial charge in [0, 0.05) is 5.56 Å². The lowest BCUT2D eigenvalue weighted by molar-refractivity contribution is -0.155. The lowest BCUT2D eigenvalue weighted by Crippen LogP contribution is -2.31. The van der Waals surface area contributed by atoms with E-state index < -0.39 is 18.0 Å². The number of nitriles is 1. The zero-order valence-electron chi connectivity index (χ0n) is 14.1. The first-order valence-corrected chi connectivity index (χ1v) is 8.50. The van der Waals surface area contributed by atoms with E-state index >= 15 is 0 Å². The summed E-state index contributed by atoms with van der Waals surface area (Å²) in [7, 11) is 0. The first-order valence-electron chi connectivity index (χ1n) is 7.62. The average molecular weight is 372 g/mol. The first kappa shape index (κ1) is 19.1. The lowest BCUT2D eigenvalue weighted by atomic mass is 10.1. The zero-order valence-corrected chi connectivity index (χ0v) is 15.0. The van der Waals surface area contributed by atoms with Gasteiger partial charge in [-0.05, 0) is 49.6 Å². The fourth-order valence-corrected chi connectivity index (χ4v) is 2.66. The third-order valence-corrected chi connectivity index (χ3v) is 4.15. The van der Waals surface area contributed by atoms with E-state index in [1.807, 2.05) is 6.07 Å². The number of amides is 1. The number of carbonyl (C=O) groups is 3. The molecule has 1 N–H and O–H groups in total. The van der Waals surface area contributed by atoms with Gasteiger partial charge >= 0.3 is 5.97 Å². The van der Waals surface area contributed by atoms with Gasteiger partial charge in [-0.25, -0.2) is 4.79 Å². The Bertz CT molecular complexity index is 851. The van der Waals surface area contributed by atoms with Gasteiger partial charge in [0.25, 0.3) is 5.91 Å². The van der Waals surface area contributed by atoms with E-state index in [-0.39, 0.29) is 12.4 Å². The van der Waals surface area contributed by atoms with E-state index in [0.717, 1.165) is 0 Å². The van der Waals surface area contributed by atoms with E-state index in [4.69, 9.17) is 14.7 Å². The summed E-state index contributed by atoms with van der Waals surface area (Å²) >= 11 is 1.21. The summed E-state index contributed by atoms with van der Waals surface area (Å²) in [6.07, 6.45) is -1.04. The summed E-state index contributed by atoms with van der Waals surface area (Å²) in [4.78, 5) is 35.0. The van der Waals surface area contributed by atoms with Crippen LogP contribution in [0.15, 0.2) is 35.7 Å². The Morgan fingerprint density at radius 2 is 1.92 bits per heavy atom. The van der Waals surface area contributed by atoms with Gasteiger partial charge in [-0.2, -0.15) is 5.26 Å². The van der Waals surface area contributed by atoms with Gasteiger partial charge in [-0.15, -0.1) is 11.3 Å². The molecule has 1 heterocycles. The average Bonchev–Trinajstić information content (AvgIpc) is 3.07. The van der Waals surface area contributed by atoms with Crippen LogP contribution in [0.4, 0.5) is 5.00 Å². The van der Waals surface area contributed by atoms with E-state index in [9.17, 15) is 14.4 Å². The Morgan fingerprint density at radius 1 is 1.23 bits per heavy atom. The molecule has 1 aromatic carbocycles. The van der Waals surface area contributed by atoms with Crippen LogP contribution in [0.5, 0.6) is 5.75 Å². The number of hydrogen-bond donors (Lipinski definition) is 1. The second kappa shape index (κ2) is 8.78. The van der Waals surface area contributed by atoms with Gasteiger partial charge in [0.2, 0.25) is 0 Å². The largest absolute Gasteiger partial charge is 0.482 e. The van der Waals surface area contributed by atoms with Crippen LogP contribution < -0.4 is 10.1 Å². The van der Waals surface area contributed by atoms with Crippen LogP contribution >= 0.6 is 11.3 Å². The number of rotatable bonds is 7. The molecule has 1 atom stereocenters. The summed E-state index contributed by atoms with van der Waals surface area (Å²) in [5.41, 5.74) is 0.884. The first-order chi connectivity index (χ1) is 12.4. The summed E-state index contributed by atoms with van der Waals surface area (Å²) in [6.45, 7) is 2.50. The lowest BCUT2D eigenvalue weighted by Gasteiger charge is -2.13. The highest BCUT2D eigenvalue weighted by Crippen LogP contribution is 2.22. The van der Waals surface area contributed by atoms with Gasteiger partial charge in [0.15, 0.2) is 18.5 Å². The third-order valence-electron chi connectivity index (χ3n) is 3.32. The molecule has 0 radical (unpaired) electrons. The summed E-state index contributed by atoms with van der Waals surface area (Å²) in [6, 6.07) is 9.86. The molecule has 0 aliphatic heterocycles. The van der Waals surface area contributed by atoms with Gasteiger partial charge in [-0.1, -0.05) is 0 Å². The van der Waals surface area contributed by atoms with Crippen LogP contribution in [0, 0.1) is 11.3 Å². The predicted molar refractivity (Wildman–Crippen MR) is 95.2 cm³/mol. The highest BCUT2D eigenvalue weighted by Gasteiger charge is 2.19. The van der Waals surface area contributed by atoms with Crippen molar-refractivity contribution in [2.24, 2.45) is 0 Å². The summed E-state index contributed by atoms with van der Waals surface area (Å²) in [5.74, 6) is -0.916. The van der Waals surface area contributed by atoms with Crippen molar-refractivity contribution in [3.05, 3.63) is 46.8 Å². The van der Waals surface area contributed by atoms with Crippen molar-refractivity contribution < 1.29 is 23.9 Å². The molecular weight excluding hydrogens is 356 g/mol.